The molecule has 0 N–H and O–H groups in total. The molecule has 0 atom stereocenters. The summed E-state index contributed by atoms with van der Waals surface area (Å²) in [4.78, 5) is 15.6. The second kappa shape index (κ2) is 8.69. The monoisotopic (exact) mass is 431 g/mol. The second-order valence-electron chi connectivity index (χ2n) is 8.39. The lowest BCUT2D eigenvalue weighted by Gasteiger charge is -2.30. The van der Waals surface area contributed by atoms with Crippen LogP contribution in [-0.2, 0) is 13.0 Å². The third-order valence-electron chi connectivity index (χ3n) is 6.11. The highest BCUT2D eigenvalue weighted by Gasteiger charge is 2.31. The van der Waals surface area contributed by atoms with Crippen molar-refractivity contribution in [2.75, 3.05) is 19.8 Å². The second-order valence-corrected chi connectivity index (χ2v) is 8.39. The van der Waals surface area contributed by atoms with Crippen LogP contribution >= 0.6 is 0 Å². The molecule has 3 aromatic rings. The highest BCUT2D eigenvalue weighted by Crippen LogP contribution is 2.40. The Balaban J connectivity index is 1.45. The number of nitrogens with zero attached hydrogens (tertiary/aromatic N) is 3. The Bertz CT molecular complexity index is 1120. The minimum atomic E-state index is 0.0192. The molecule has 1 saturated carbocycles. The molecule has 0 radical (unpaired) electrons. The summed E-state index contributed by atoms with van der Waals surface area (Å²) >= 11 is 0. The Hall–Kier alpha value is -3.28. The van der Waals surface area contributed by atoms with E-state index in [1.54, 1.807) is 0 Å². The average molecular weight is 432 g/mol. The van der Waals surface area contributed by atoms with Crippen molar-refractivity contribution in [3.8, 4) is 17.2 Å². The predicted molar refractivity (Wildman–Crippen MR) is 123 cm³/mol. The maximum absolute atomic E-state index is 13.6. The van der Waals surface area contributed by atoms with Gasteiger partial charge in [0.25, 0.3) is 5.91 Å². The number of amides is 1. The quantitative estimate of drug-likeness (QED) is 0.542. The van der Waals surface area contributed by atoms with E-state index in [4.69, 9.17) is 14.6 Å². The van der Waals surface area contributed by atoms with Crippen molar-refractivity contribution in [1.82, 2.24) is 14.7 Å². The van der Waals surface area contributed by atoms with Gasteiger partial charge < -0.3 is 14.4 Å². The van der Waals surface area contributed by atoms with Gasteiger partial charge in [0.05, 0.1) is 24.6 Å². The molecule has 0 unspecified atom stereocenters. The maximum Gasteiger partial charge on any atom is 0.272 e. The molecule has 2 aromatic carbocycles. The molecule has 6 heteroatoms. The summed E-state index contributed by atoms with van der Waals surface area (Å²) in [5.41, 5.74) is 4.91. The van der Waals surface area contributed by atoms with E-state index in [1.165, 1.54) is 5.56 Å². The van der Waals surface area contributed by atoms with Gasteiger partial charge >= 0.3 is 0 Å². The highest BCUT2D eigenvalue weighted by atomic mass is 16.5. The maximum atomic E-state index is 13.6. The van der Waals surface area contributed by atoms with Crippen molar-refractivity contribution in [3.05, 3.63) is 71.0 Å². The lowest BCUT2D eigenvalue weighted by Crippen LogP contribution is -2.37. The molecule has 1 aromatic heterocycles. The summed E-state index contributed by atoms with van der Waals surface area (Å²) in [5.74, 6) is 2.03. The fourth-order valence-electron chi connectivity index (χ4n) is 4.33. The number of ether oxygens (including phenoxy) is 2. The number of fused-ring (bicyclic) bond motifs is 1. The smallest absolute Gasteiger partial charge is 0.272 e. The molecule has 2 aliphatic rings. The zero-order valence-electron chi connectivity index (χ0n) is 18.7. The number of benzene rings is 2. The number of carbonyl (C=O) groups is 1. The molecule has 2 heterocycles. The van der Waals surface area contributed by atoms with Crippen molar-refractivity contribution in [2.45, 2.75) is 45.6 Å². The predicted octanol–water partition coefficient (Wildman–Crippen LogP) is 4.75. The minimum Gasteiger partial charge on any atom is -0.490 e. The zero-order valence-corrected chi connectivity index (χ0v) is 18.7. The first-order chi connectivity index (χ1) is 15.7. The van der Waals surface area contributed by atoms with Crippen molar-refractivity contribution < 1.29 is 14.3 Å². The number of carbonyl (C=O) groups excluding carboxylic acids is 1. The number of para-hydroxylation sites is 1. The Labute approximate surface area is 188 Å². The van der Waals surface area contributed by atoms with Gasteiger partial charge in [-0.05, 0) is 74.6 Å². The highest BCUT2D eigenvalue weighted by molar-refractivity contribution is 5.93. The Kier molecular flexibility index (Phi) is 5.60. The van der Waals surface area contributed by atoms with Gasteiger partial charge in [-0.2, -0.15) is 5.10 Å². The van der Waals surface area contributed by atoms with E-state index in [-0.39, 0.29) is 5.91 Å². The lowest BCUT2D eigenvalue weighted by atomic mass is 9.98. The summed E-state index contributed by atoms with van der Waals surface area (Å²) in [6.07, 6.45) is 3.10. The first-order valence-electron chi connectivity index (χ1n) is 11.5. The SMILES string of the molecule is CCOc1cc2c(cc1OCC)CN(C(=O)c1cc(C3CC3)nn1-c1ccccc1)CC2. The first-order valence-corrected chi connectivity index (χ1v) is 11.5. The fraction of sp³-hybridized carbons (Fsp3) is 0.385. The molecular formula is C26H29N3O3. The van der Waals surface area contributed by atoms with Gasteiger partial charge in [-0.15, -0.1) is 0 Å². The van der Waals surface area contributed by atoms with E-state index in [0.717, 1.165) is 47.7 Å². The largest absolute Gasteiger partial charge is 0.490 e. The molecule has 0 bridgehead atoms. The van der Waals surface area contributed by atoms with Crippen LogP contribution < -0.4 is 9.47 Å². The van der Waals surface area contributed by atoms with Crippen LogP contribution in [0.2, 0.25) is 0 Å². The van der Waals surface area contributed by atoms with Crippen LogP contribution in [-0.4, -0.2) is 40.3 Å². The van der Waals surface area contributed by atoms with Crippen molar-refractivity contribution in [2.24, 2.45) is 0 Å². The normalized spacial score (nSPS) is 15.4. The van der Waals surface area contributed by atoms with Crippen LogP contribution in [0.3, 0.4) is 0 Å². The van der Waals surface area contributed by atoms with Crippen LogP contribution in [0.5, 0.6) is 11.5 Å². The van der Waals surface area contributed by atoms with E-state index in [9.17, 15) is 4.79 Å². The fourth-order valence-corrected chi connectivity index (χ4v) is 4.33. The van der Waals surface area contributed by atoms with E-state index in [0.29, 0.717) is 37.9 Å². The molecular weight excluding hydrogens is 402 g/mol. The van der Waals surface area contributed by atoms with Crippen molar-refractivity contribution in [1.29, 1.82) is 0 Å². The van der Waals surface area contributed by atoms with Crippen LogP contribution in [0.25, 0.3) is 5.69 Å². The Morgan fingerprint density at radius 1 is 1.00 bits per heavy atom. The van der Waals surface area contributed by atoms with E-state index in [1.807, 2.05) is 65.9 Å². The number of hydrogen-bond acceptors (Lipinski definition) is 4. The molecule has 1 amide bonds. The van der Waals surface area contributed by atoms with Crippen molar-refractivity contribution in [3.63, 3.8) is 0 Å². The lowest BCUT2D eigenvalue weighted by molar-refractivity contribution is 0.0725. The third-order valence-corrected chi connectivity index (χ3v) is 6.11. The standard InChI is InChI=1S/C26H29N3O3/c1-3-31-24-14-19-12-13-28(17-20(19)15-25(24)32-4-2)26(30)23-16-22(18-10-11-18)27-29(23)21-8-6-5-7-9-21/h5-9,14-16,18H,3-4,10-13,17H2,1-2H3. The van der Waals surface area contributed by atoms with E-state index < -0.39 is 0 Å². The van der Waals surface area contributed by atoms with Gasteiger partial charge in [0.2, 0.25) is 0 Å². The molecule has 1 aliphatic heterocycles. The van der Waals surface area contributed by atoms with Crippen molar-refractivity contribution >= 4 is 5.91 Å². The zero-order chi connectivity index (χ0) is 22.1. The molecule has 5 rings (SSSR count). The van der Waals surface area contributed by atoms with Crippen LogP contribution in [0.4, 0.5) is 0 Å². The van der Waals surface area contributed by atoms with Gasteiger partial charge in [-0.1, -0.05) is 18.2 Å². The van der Waals surface area contributed by atoms with Gasteiger partial charge in [-0.25, -0.2) is 4.68 Å². The molecule has 6 nitrogen and oxygen atoms in total. The molecule has 1 aliphatic carbocycles. The molecule has 32 heavy (non-hydrogen) atoms. The molecule has 166 valence electrons. The van der Waals surface area contributed by atoms with Gasteiger partial charge in [0, 0.05) is 19.0 Å². The van der Waals surface area contributed by atoms with E-state index in [2.05, 4.69) is 6.07 Å². The first kappa shape index (κ1) is 20.6. The van der Waals surface area contributed by atoms with Crippen LogP contribution in [0.15, 0.2) is 48.5 Å². The minimum absolute atomic E-state index is 0.0192. The molecule has 0 spiro atoms. The van der Waals surface area contributed by atoms with Gasteiger partial charge in [-0.3, -0.25) is 4.79 Å². The topological polar surface area (TPSA) is 56.6 Å². The Morgan fingerprint density at radius 3 is 2.34 bits per heavy atom. The van der Waals surface area contributed by atoms with Crippen LogP contribution in [0, 0.1) is 0 Å². The summed E-state index contributed by atoms with van der Waals surface area (Å²) in [6, 6.07) is 16.0. The van der Waals surface area contributed by atoms with E-state index >= 15 is 0 Å². The Morgan fingerprint density at radius 2 is 1.69 bits per heavy atom. The van der Waals surface area contributed by atoms with Crippen LogP contribution in [0.1, 0.15) is 59.9 Å². The average Bonchev–Trinajstić information content (AvgIpc) is 3.58. The molecule has 0 saturated heterocycles. The summed E-state index contributed by atoms with van der Waals surface area (Å²) in [6.45, 7) is 6.33. The number of hydrogen-bond donors (Lipinski definition) is 0. The van der Waals surface area contributed by atoms with Gasteiger partial charge in [0.15, 0.2) is 11.5 Å². The van der Waals surface area contributed by atoms with Gasteiger partial charge in [0.1, 0.15) is 5.69 Å². The number of aromatic nitrogens is 2. The third kappa shape index (κ3) is 3.97. The summed E-state index contributed by atoms with van der Waals surface area (Å²) in [7, 11) is 0. The summed E-state index contributed by atoms with van der Waals surface area (Å²) < 4.78 is 13.4. The summed E-state index contributed by atoms with van der Waals surface area (Å²) in [5, 5.41) is 4.81. The molecule has 1 fully saturated rings. The number of rotatable bonds is 7.